The van der Waals surface area contributed by atoms with Crippen LogP contribution in [0.4, 0.5) is 0 Å². The molecule has 1 saturated heterocycles. The van der Waals surface area contributed by atoms with Crippen molar-refractivity contribution in [1.82, 2.24) is 4.90 Å². The van der Waals surface area contributed by atoms with Crippen molar-refractivity contribution in [2.24, 2.45) is 5.73 Å². The highest BCUT2D eigenvalue weighted by molar-refractivity contribution is 9.10. The van der Waals surface area contributed by atoms with Gasteiger partial charge in [-0.25, -0.2) is 0 Å². The highest BCUT2D eigenvalue weighted by Gasteiger charge is 2.18. The van der Waals surface area contributed by atoms with E-state index in [2.05, 4.69) is 27.9 Å². The van der Waals surface area contributed by atoms with Crippen LogP contribution < -0.4 is 10.5 Å². The number of benzene rings is 1. The first-order valence-corrected chi connectivity index (χ1v) is 8.25. The van der Waals surface area contributed by atoms with Crippen molar-refractivity contribution >= 4 is 15.9 Å². The Morgan fingerprint density at radius 3 is 2.95 bits per heavy atom. The maximum atomic E-state index is 6.00. The summed E-state index contributed by atoms with van der Waals surface area (Å²) in [7, 11) is 2.22. The zero-order valence-corrected chi connectivity index (χ0v) is 14.0. The third kappa shape index (κ3) is 4.21. The molecule has 1 aromatic carbocycles. The number of piperidine rings is 1. The molecular weight excluding hydrogens is 316 g/mol. The zero-order chi connectivity index (χ0) is 14.5. The second-order valence-corrected chi connectivity index (χ2v) is 6.65. The van der Waals surface area contributed by atoms with E-state index in [0.29, 0.717) is 6.04 Å². The van der Waals surface area contributed by atoms with Gasteiger partial charge in [-0.05, 0) is 51.9 Å². The van der Waals surface area contributed by atoms with E-state index in [1.165, 1.54) is 25.8 Å². The lowest BCUT2D eigenvalue weighted by Crippen LogP contribution is -2.37. The van der Waals surface area contributed by atoms with Crippen molar-refractivity contribution in [3.05, 3.63) is 28.2 Å². The summed E-state index contributed by atoms with van der Waals surface area (Å²) in [5.74, 6) is 0.910. The van der Waals surface area contributed by atoms with Crippen LogP contribution in [0.3, 0.4) is 0 Å². The molecule has 0 radical (unpaired) electrons. The second kappa shape index (κ2) is 7.43. The van der Waals surface area contributed by atoms with Crippen LogP contribution in [0.25, 0.3) is 0 Å². The molecule has 1 unspecified atom stereocenters. The SMILES string of the molecule is C[C@H](N)c1ccc(Br)cc1OCCC1CCCCN1C. The standard InChI is InChI=1S/C16H25BrN2O/c1-12(18)15-7-6-13(17)11-16(15)20-10-8-14-5-3-4-9-19(14)2/h6-7,11-12,14H,3-5,8-10,18H2,1-2H3/t12-,14?/m0/s1. The van der Waals surface area contributed by atoms with Gasteiger partial charge in [0.2, 0.25) is 0 Å². The van der Waals surface area contributed by atoms with Crippen LogP contribution in [0.5, 0.6) is 5.75 Å². The molecule has 2 atom stereocenters. The summed E-state index contributed by atoms with van der Waals surface area (Å²) < 4.78 is 7.03. The average molecular weight is 341 g/mol. The fourth-order valence-electron chi connectivity index (χ4n) is 2.82. The van der Waals surface area contributed by atoms with Gasteiger partial charge in [0.05, 0.1) is 6.61 Å². The van der Waals surface area contributed by atoms with E-state index in [1.54, 1.807) is 0 Å². The minimum absolute atomic E-state index is 0.00421. The lowest BCUT2D eigenvalue weighted by atomic mass is 10.0. The molecule has 0 spiro atoms. The molecule has 1 fully saturated rings. The lowest BCUT2D eigenvalue weighted by molar-refractivity contribution is 0.152. The molecule has 1 aliphatic heterocycles. The van der Waals surface area contributed by atoms with Gasteiger partial charge in [0, 0.05) is 22.1 Å². The third-order valence-corrected chi connectivity index (χ3v) is 4.59. The Kier molecular flexibility index (Phi) is 5.87. The first kappa shape index (κ1) is 15.8. The Hall–Kier alpha value is -0.580. The maximum Gasteiger partial charge on any atom is 0.125 e. The van der Waals surface area contributed by atoms with Crippen LogP contribution in [0.2, 0.25) is 0 Å². The van der Waals surface area contributed by atoms with Crippen molar-refractivity contribution in [2.45, 2.75) is 44.7 Å². The van der Waals surface area contributed by atoms with Crippen molar-refractivity contribution in [1.29, 1.82) is 0 Å². The number of likely N-dealkylation sites (tertiary alicyclic amines) is 1. The van der Waals surface area contributed by atoms with E-state index in [9.17, 15) is 0 Å². The van der Waals surface area contributed by atoms with Crippen molar-refractivity contribution < 1.29 is 4.74 Å². The molecule has 1 aromatic rings. The molecule has 1 aliphatic rings. The number of nitrogens with two attached hydrogens (primary N) is 1. The molecule has 3 nitrogen and oxygen atoms in total. The smallest absolute Gasteiger partial charge is 0.125 e. The van der Waals surface area contributed by atoms with Crippen LogP contribution in [0.15, 0.2) is 22.7 Å². The highest BCUT2D eigenvalue weighted by atomic mass is 79.9. The minimum Gasteiger partial charge on any atom is -0.493 e. The molecule has 0 amide bonds. The Morgan fingerprint density at radius 1 is 1.45 bits per heavy atom. The number of halogens is 1. The summed E-state index contributed by atoms with van der Waals surface area (Å²) >= 11 is 3.49. The first-order chi connectivity index (χ1) is 9.58. The van der Waals surface area contributed by atoms with Crippen LogP contribution >= 0.6 is 15.9 Å². The molecule has 20 heavy (non-hydrogen) atoms. The van der Waals surface area contributed by atoms with Gasteiger partial charge in [-0.1, -0.05) is 28.4 Å². The van der Waals surface area contributed by atoms with Gasteiger partial charge in [0.15, 0.2) is 0 Å². The summed E-state index contributed by atoms with van der Waals surface area (Å²) in [6, 6.07) is 6.73. The van der Waals surface area contributed by atoms with Crippen LogP contribution in [-0.2, 0) is 0 Å². The Labute approximate surface area is 130 Å². The van der Waals surface area contributed by atoms with Crippen LogP contribution in [0.1, 0.15) is 44.2 Å². The molecule has 4 heteroatoms. The predicted octanol–water partition coefficient (Wildman–Crippen LogP) is 3.72. The van der Waals surface area contributed by atoms with Crippen LogP contribution in [0, 0.1) is 0 Å². The number of hydrogen-bond donors (Lipinski definition) is 1. The summed E-state index contributed by atoms with van der Waals surface area (Å²) in [5, 5.41) is 0. The average Bonchev–Trinajstić information content (AvgIpc) is 2.41. The van der Waals surface area contributed by atoms with Gasteiger partial charge < -0.3 is 15.4 Å². The largest absolute Gasteiger partial charge is 0.493 e. The molecule has 2 N–H and O–H groups in total. The van der Waals surface area contributed by atoms with Gasteiger partial charge in [-0.3, -0.25) is 0 Å². The summed E-state index contributed by atoms with van der Waals surface area (Å²) in [6.45, 7) is 3.96. The van der Waals surface area contributed by atoms with E-state index in [-0.39, 0.29) is 6.04 Å². The van der Waals surface area contributed by atoms with E-state index >= 15 is 0 Å². The van der Waals surface area contributed by atoms with E-state index < -0.39 is 0 Å². The fraction of sp³-hybridized carbons (Fsp3) is 0.625. The summed E-state index contributed by atoms with van der Waals surface area (Å²) in [4.78, 5) is 2.46. The Bertz CT molecular complexity index is 436. The number of rotatable bonds is 5. The quantitative estimate of drug-likeness (QED) is 0.887. The summed E-state index contributed by atoms with van der Waals surface area (Å²) in [6.07, 6.45) is 5.05. The van der Waals surface area contributed by atoms with Gasteiger partial charge in [0.25, 0.3) is 0 Å². The first-order valence-electron chi connectivity index (χ1n) is 7.46. The number of ether oxygens (including phenoxy) is 1. The molecular formula is C16H25BrN2O. The number of nitrogens with zero attached hydrogens (tertiary/aromatic N) is 1. The maximum absolute atomic E-state index is 6.00. The van der Waals surface area contributed by atoms with E-state index in [0.717, 1.165) is 28.8 Å². The highest BCUT2D eigenvalue weighted by Crippen LogP contribution is 2.28. The van der Waals surface area contributed by atoms with Gasteiger partial charge >= 0.3 is 0 Å². The molecule has 0 saturated carbocycles. The van der Waals surface area contributed by atoms with Crippen molar-refractivity contribution in [2.75, 3.05) is 20.2 Å². The Morgan fingerprint density at radius 2 is 2.25 bits per heavy atom. The predicted molar refractivity (Wildman–Crippen MR) is 87.1 cm³/mol. The molecule has 112 valence electrons. The molecule has 0 bridgehead atoms. The van der Waals surface area contributed by atoms with Gasteiger partial charge in [-0.15, -0.1) is 0 Å². The van der Waals surface area contributed by atoms with Gasteiger partial charge in [0.1, 0.15) is 5.75 Å². The van der Waals surface area contributed by atoms with Crippen molar-refractivity contribution in [3.63, 3.8) is 0 Å². The molecule has 1 heterocycles. The summed E-state index contributed by atoms with van der Waals surface area (Å²) in [5.41, 5.74) is 7.07. The van der Waals surface area contributed by atoms with Crippen molar-refractivity contribution in [3.8, 4) is 5.75 Å². The number of hydrogen-bond acceptors (Lipinski definition) is 3. The minimum atomic E-state index is -0.00421. The van der Waals surface area contributed by atoms with Crippen LogP contribution in [-0.4, -0.2) is 31.1 Å². The van der Waals surface area contributed by atoms with E-state index in [4.69, 9.17) is 10.5 Å². The molecule has 2 rings (SSSR count). The Balaban J connectivity index is 1.91. The molecule has 0 aromatic heterocycles. The second-order valence-electron chi connectivity index (χ2n) is 5.74. The molecule has 0 aliphatic carbocycles. The fourth-order valence-corrected chi connectivity index (χ4v) is 3.16. The van der Waals surface area contributed by atoms with Gasteiger partial charge in [-0.2, -0.15) is 0 Å². The normalized spacial score (nSPS) is 21.7. The zero-order valence-electron chi connectivity index (χ0n) is 12.4. The van der Waals surface area contributed by atoms with E-state index in [1.807, 2.05) is 25.1 Å². The topological polar surface area (TPSA) is 38.5 Å². The lowest BCUT2D eigenvalue weighted by Gasteiger charge is -2.32. The third-order valence-electron chi connectivity index (χ3n) is 4.10. The monoisotopic (exact) mass is 340 g/mol.